The Kier molecular flexibility index (Phi) is 6.17. The summed E-state index contributed by atoms with van der Waals surface area (Å²) in [7, 11) is 0. The van der Waals surface area contributed by atoms with Gasteiger partial charge in [-0.15, -0.1) is 0 Å². The monoisotopic (exact) mass is 458 g/mol. The maximum Gasteiger partial charge on any atom is 0.416 e. The summed E-state index contributed by atoms with van der Waals surface area (Å²) >= 11 is 0. The van der Waals surface area contributed by atoms with E-state index >= 15 is 0 Å². The maximum atomic E-state index is 12.8. The Morgan fingerprint density at radius 3 is 2.61 bits per heavy atom. The molecule has 1 aliphatic carbocycles. The summed E-state index contributed by atoms with van der Waals surface area (Å²) in [6.45, 7) is 2.02. The third-order valence-corrected chi connectivity index (χ3v) is 5.04. The van der Waals surface area contributed by atoms with Gasteiger partial charge in [0.05, 0.1) is 17.6 Å². The number of halogens is 3. The van der Waals surface area contributed by atoms with Gasteiger partial charge in [-0.3, -0.25) is 9.59 Å². The van der Waals surface area contributed by atoms with Gasteiger partial charge in [-0.2, -0.15) is 13.2 Å². The van der Waals surface area contributed by atoms with Crippen molar-refractivity contribution in [3.8, 4) is 5.88 Å². The van der Waals surface area contributed by atoms with Crippen LogP contribution in [0.2, 0.25) is 0 Å². The lowest BCUT2D eigenvalue weighted by molar-refractivity contribution is -0.137. The molecule has 4 rings (SSSR count). The molecule has 2 aromatic heterocycles. The van der Waals surface area contributed by atoms with E-state index in [1.54, 1.807) is 13.0 Å². The summed E-state index contributed by atoms with van der Waals surface area (Å²) in [4.78, 5) is 32.8. The van der Waals surface area contributed by atoms with Crippen molar-refractivity contribution in [3.05, 3.63) is 59.3 Å². The van der Waals surface area contributed by atoms with Crippen LogP contribution < -0.4 is 15.4 Å². The number of nitrogens with one attached hydrogen (secondary N) is 2. The minimum Gasteiger partial charge on any atom is -0.476 e. The van der Waals surface area contributed by atoms with E-state index in [0.29, 0.717) is 28.0 Å². The Morgan fingerprint density at radius 2 is 1.88 bits per heavy atom. The summed E-state index contributed by atoms with van der Waals surface area (Å²) in [6, 6.07) is 9.40. The molecule has 0 radical (unpaired) electrons. The third kappa shape index (κ3) is 5.76. The highest BCUT2D eigenvalue weighted by molar-refractivity contribution is 5.97. The first-order valence-electron chi connectivity index (χ1n) is 10.4. The first-order chi connectivity index (χ1) is 15.7. The quantitative estimate of drug-likeness (QED) is 0.520. The van der Waals surface area contributed by atoms with Crippen molar-refractivity contribution >= 4 is 28.5 Å². The minimum atomic E-state index is -4.42. The molecule has 0 unspecified atom stereocenters. The molecule has 0 atom stereocenters. The number of hydrogen-bond acceptors (Lipinski definition) is 5. The van der Waals surface area contributed by atoms with Gasteiger partial charge in [0, 0.05) is 28.6 Å². The van der Waals surface area contributed by atoms with Crippen molar-refractivity contribution in [3.63, 3.8) is 0 Å². The Balaban J connectivity index is 1.31. The normalized spacial score (nSPS) is 13.6. The van der Waals surface area contributed by atoms with Crippen LogP contribution in [-0.2, 0) is 11.0 Å². The highest BCUT2D eigenvalue weighted by atomic mass is 19.4. The Labute approximate surface area is 187 Å². The molecule has 10 heteroatoms. The molecule has 2 heterocycles. The van der Waals surface area contributed by atoms with Crippen LogP contribution in [0.1, 0.15) is 34.5 Å². The van der Waals surface area contributed by atoms with E-state index < -0.39 is 11.7 Å². The molecule has 3 aromatic rings. The van der Waals surface area contributed by atoms with E-state index in [2.05, 4.69) is 20.6 Å². The van der Waals surface area contributed by atoms with Crippen LogP contribution in [0.3, 0.4) is 0 Å². The van der Waals surface area contributed by atoms with Gasteiger partial charge in [-0.1, -0.05) is 0 Å². The SMILES string of the molecule is Cc1cc(C(=O)NCCOc2ccc3cc(C(F)(F)F)ccc3n2)cc(NC(=O)C2CC2)n1. The van der Waals surface area contributed by atoms with E-state index in [1.165, 1.54) is 24.3 Å². The molecule has 172 valence electrons. The van der Waals surface area contributed by atoms with Gasteiger partial charge in [0.2, 0.25) is 11.8 Å². The molecule has 33 heavy (non-hydrogen) atoms. The molecule has 1 aliphatic rings. The smallest absolute Gasteiger partial charge is 0.416 e. The zero-order chi connectivity index (χ0) is 23.6. The molecule has 2 N–H and O–H groups in total. The van der Waals surface area contributed by atoms with E-state index in [9.17, 15) is 22.8 Å². The number of hydrogen-bond donors (Lipinski definition) is 2. The summed E-state index contributed by atoms with van der Waals surface area (Å²) in [6.07, 6.45) is -2.68. The predicted molar refractivity (Wildman–Crippen MR) is 115 cm³/mol. The van der Waals surface area contributed by atoms with Gasteiger partial charge in [-0.05, 0) is 56.2 Å². The molecule has 0 saturated heterocycles. The number of ether oxygens (including phenoxy) is 1. The summed E-state index contributed by atoms with van der Waals surface area (Å²) in [5.41, 5.74) is 0.587. The minimum absolute atomic E-state index is 0.0251. The van der Waals surface area contributed by atoms with Crippen LogP contribution in [0.15, 0.2) is 42.5 Å². The fourth-order valence-electron chi connectivity index (χ4n) is 3.22. The number of nitrogens with zero attached hydrogens (tertiary/aromatic N) is 2. The zero-order valence-electron chi connectivity index (χ0n) is 17.7. The van der Waals surface area contributed by atoms with Gasteiger partial charge < -0.3 is 15.4 Å². The molecular formula is C23H21F3N4O3. The molecule has 0 bridgehead atoms. The average molecular weight is 458 g/mol. The van der Waals surface area contributed by atoms with Crippen molar-refractivity contribution in [1.82, 2.24) is 15.3 Å². The Bertz CT molecular complexity index is 1210. The van der Waals surface area contributed by atoms with Crippen molar-refractivity contribution in [2.45, 2.75) is 25.9 Å². The lowest BCUT2D eigenvalue weighted by atomic mass is 10.1. The summed E-state index contributed by atoms with van der Waals surface area (Å²) in [5.74, 6) is 0.156. The second kappa shape index (κ2) is 9.05. The number of benzene rings is 1. The summed E-state index contributed by atoms with van der Waals surface area (Å²) < 4.78 is 44.0. The fourth-order valence-corrected chi connectivity index (χ4v) is 3.22. The van der Waals surface area contributed by atoms with Crippen LogP contribution in [0.4, 0.5) is 19.0 Å². The molecule has 7 nitrogen and oxygen atoms in total. The fraction of sp³-hybridized carbons (Fsp3) is 0.304. The largest absolute Gasteiger partial charge is 0.476 e. The number of aryl methyl sites for hydroxylation is 1. The number of aromatic nitrogens is 2. The second-order valence-corrected chi connectivity index (χ2v) is 7.81. The maximum absolute atomic E-state index is 12.8. The Hall–Kier alpha value is -3.69. The number of carbonyl (C=O) groups excluding carboxylic acids is 2. The highest BCUT2D eigenvalue weighted by Crippen LogP contribution is 2.31. The number of amides is 2. The van der Waals surface area contributed by atoms with Crippen LogP contribution in [0.5, 0.6) is 5.88 Å². The number of carbonyl (C=O) groups is 2. The van der Waals surface area contributed by atoms with E-state index in [1.807, 2.05) is 0 Å². The zero-order valence-corrected chi connectivity index (χ0v) is 17.7. The first-order valence-corrected chi connectivity index (χ1v) is 10.4. The van der Waals surface area contributed by atoms with Crippen molar-refractivity contribution in [1.29, 1.82) is 0 Å². The van der Waals surface area contributed by atoms with Crippen molar-refractivity contribution < 1.29 is 27.5 Å². The van der Waals surface area contributed by atoms with Gasteiger partial charge in [0.15, 0.2) is 0 Å². The van der Waals surface area contributed by atoms with Crippen LogP contribution >= 0.6 is 0 Å². The first kappa shape index (κ1) is 22.5. The molecule has 1 aromatic carbocycles. The number of alkyl halides is 3. The third-order valence-electron chi connectivity index (χ3n) is 5.04. The standard InChI is InChI=1S/C23H21F3N4O3/c1-13-10-16(12-19(28-13)30-22(32)14-2-3-14)21(31)27-8-9-33-20-7-4-15-11-17(23(24,25)26)5-6-18(15)29-20/h4-7,10-12,14H,2-3,8-9H2,1H3,(H,27,31)(H,28,30,32). The second-order valence-electron chi connectivity index (χ2n) is 7.81. The predicted octanol–water partition coefficient (Wildman–Crippen LogP) is 4.11. The van der Waals surface area contributed by atoms with Crippen LogP contribution in [0, 0.1) is 12.8 Å². The van der Waals surface area contributed by atoms with E-state index in [0.717, 1.165) is 25.0 Å². The van der Waals surface area contributed by atoms with Gasteiger partial charge >= 0.3 is 6.18 Å². The Morgan fingerprint density at radius 1 is 1.09 bits per heavy atom. The average Bonchev–Trinajstić information content (AvgIpc) is 3.60. The number of fused-ring (bicyclic) bond motifs is 1. The number of pyridine rings is 2. The molecule has 1 saturated carbocycles. The number of anilines is 1. The number of rotatable bonds is 7. The highest BCUT2D eigenvalue weighted by Gasteiger charge is 2.31. The van der Waals surface area contributed by atoms with Crippen molar-refractivity contribution in [2.24, 2.45) is 5.92 Å². The summed E-state index contributed by atoms with van der Waals surface area (Å²) in [5, 5.41) is 5.80. The van der Waals surface area contributed by atoms with E-state index in [-0.39, 0.29) is 36.8 Å². The van der Waals surface area contributed by atoms with Gasteiger partial charge in [0.1, 0.15) is 12.4 Å². The lowest BCUT2D eigenvalue weighted by Crippen LogP contribution is -2.28. The van der Waals surface area contributed by atoms with Gasteiger partial charge in [-0.25, -0.2) is 9.97 Å². The molecule has 2 amide bonds. The molecule has 0 spiro atoms. The van der Waals surface area contributed by atoms with Crippen LogP contribution in [-0.4, -0.2) is 34.9 Å². The van der Waals surface area contributed by atoms with Crippen LogP contribution in [0.25, 0.3) is 10.9 Å². The van der Waals surface area contributed by atoms with Crippen molar-refractivity contribution in [2.75, 3.05) is 18.5 Å². The molecular weight excluding hydrogens is 437 g/mol. The lowest BCUT2D eigenvalue weighted by Gasteiger charge is -2.10. The molecule has 0 aliphatic heterocycles. The topological polar surface area (TPSA) is 93.2 Å². The molecule has 1 fully saturated rings. The van der Waals surface area contributed by atoms with Gasteiger partial charge in [0.25, 0.3) is 5.91 Å². The van der Waals surface area contributed by atoms with E-state index in [4.69, 9.17) is 4.74 Å².